The third-order valence-corrected chi connectivity index (χ3v) is 7.21. The summed E-state index contributed by atoms with van der Waals surface area (Å²) in [4.78, 5) is 55.9. The van der Waals surface area contributed by atoms with E-state index >= 15 is 0 Å². The quantitative estimate of drug-likeness (QED) is 0.449. The van der Waals surface area contributed by atoms with Crippen LogP contribution in [0.1, 0.15) is 37.9 Å². The maximum Gasteiger partial charge on any atom is 0.237 e. The van der Waals surface area contributed by atoms with Gasteiger partial charge in [0.15, 0.2) is 0 Å². The molecule has 34 heavy (non-hydrogen) atoms. The van der Waals surface area contributed by atoms with Crippen LogP contribution in [-0.2, 0) is 20.7 Å². The number of Topliss-reactive ketones (excluding diaryl/α,β-unsaturated/α-hetero) is 2. The fraction of sp³-hybridized carbons (Fsp3) is 0.214. The summed E-state index contributed by atoms with van der Waals surface area (Å²) < 4.78 is 6.25. The first-order valence-corrected chi connectivity index (χ1v) is 11.3. The van der Waals surface area contributed by atoms with Gasteiger partial charge in [0.05, 0.1) is 17.9 Å². The first-order valence-electron chi connectivity index (χ1n) is 11.3. The Labute approximate surface area is 196 Å². The van der Waals surface area contributed by atoms with E-state index in [0.717, 1.165) is 5.56 Å². The summed E-state index contributed by atoms with van der Waals surface area (Å²) >= 11 is 0. The van der Waals surface area contributed by atoms with Crippen molar-refractivity contribution in [3.05, 3.63) is 107 Å². The lowest BCUT2D eigenvalue weighted by atomic mass is 9.77. The zero-order chi connectivity index (χ0) is 23.4. The van der Waals surface area contributed by atoms with E-state index in [0.29, 0.717) is 12.0 Å². The van der Waals surface area contributed by atoms with Gasteiger partial charge >= 0.3 is 0 Å². The predicted octanol–water partition coefficient (Wildman–Crippen LogP) is 3.42. The number of hydrogen-bond acceptors (Lipinski definition) is 5. The molecule has 2 aliphatic heterocycles. The largest absolute Gasteiger partial charge is 0.349 e. The normalized spacial score (nSPS) is 24.7. The van der Waals surface area contributed by atoms with E-state index in [4.69, 9.17) is 4.74 Å². The van der Waals surface area contributed by atoms with Gasteiger partial charge in [0, 0.05) is 17.7 Å². The number of fused-ring (bicyclic) bond motifs is 3. The van der Waals surface area contributed by atoms with Crippen LogP contribution in [0.3, 0.4) is 0 Å². The Kier molecular flexibility index (Phi) is 4.61. The highest BCUT2D eigenvalue weighted by atomic mass is 16.5. The van der Waals surface area contributed by atoms with E-state index in [2.05, 4.69) is 0 Å². The number of ether oxygens (including phenoxy) is 1. The number of imide groups is 1. The van der Waals surface area contributed by atoms with E-state index in [-0.39, 0.29) is 17.7 Å². The lowest BCUT2D eigenvalue weighted by molar-refractivity contribution is -0.144. The fourth-order valence-electron chi connectivity index (χ4n) is 5.63. The number of carbonyl (C=O) groups excluding carboxylic acids is 4. The molecule has 0 unspecified atom stereocenters. The molecule has 1 spiro atoms. The topological polar surface area (TPSA) is 80.8 Å². The Morgan fingerprint density at radius 3 is 1.88 bits per heavy atom. The van der Waals surface area contributed by atoms with E-state index in [1.165, 1.54) is 4.90 Å². The van der Waals surface area contributed by atoms with Gasteiger partial charge in [0.1, 0.15) is 0 Å². The van der Waals surface area contributed by atoms with Crippen LogP contribution in [0.5, 0.6) is 0 Å². The number of ketones is 2. The standard InChI is InChI=1S/C28H21NO5/c30-24-19-13-7-8-14-20(19)25(31)28(24)22-21(23(34-28)18-11-5-2-6-12-18)26(32)29(27(22)33)16-15-17-9-3-1-4-10-17/h1-14,21-23H,15-16H2/t21-,22+,23-/m0/s1. The van der Waals surface area contributed by atoms with Gasteiger partial charge in [-0.1, -0.05) is 84.9 Å². The Morgan fingerprint density at radius 2 is 1.26 bits per heavy atom. The highest BCUT2D eigenvalue weighted by Crippen LogP contribution is 2.57. The van der Waals surface area contributed by atoms with Crippen LogP contribution in [0.2, 0.25) is 0 Å². The van der Waals surface area contributed by atoms with Crippen molar-refractivity contribution in [2.45, 2.75) is 18.1 Å². The SMILES string of the molecule is O=C1[C@@H]2[C@H](c3ccccc3)OC3(C(=O)c4ccccc4C3=O)[C@H]2C(=O)N1CCc1ccccc1. The Morgan fingerprint density at radius 1 is 0.706 bits per heavy atom. The van der Waals surface area contributed by atoms with Crippen molar-refractivity contribution in [3.63, 3.8) is 0 Å². The maximum atomic E-state index is 13.7. The van der Waals surface area contributed by atoms with Crippen molar-refractivity contribution in [1.29, 1.82) is 0 Å². The second-order valence-corrected chi connectivity index (χ2v) is 8.96. The molecule has 1 aliphatic carbocycles. The number of rotatable bonds is 4. The second kappa shape index (κ2) is 7.57. The molecule has 2 fully saturated rings. The highest BCUT2D eigenvalue weighted by Gasteiger charge is 2.74. The number of hydrogen-bond donors (Lipinski definition) is 0. The average molecular weight is 451 g/mol. The Bertz CT molecular complexity index is 1300. The number of nitrogens with zero attached hydrogens (tertiary/aromatic N) is 1. The zero-order valence-electron chi connectivity index (χ0n) is 18.2. The summed E-state index contributed by atoms with van der Waals surface area (Å²) in [6, 6.07) is 25.1. The summed E-state index contributed by atoms with van der Waals surface area (Å²) in [5, 5.41) is 0. The number of amides is 2. The van der Waals surface area contributed by atoms with Crippen molar-refractivity contribution >= 4 is 23.4 Å². The molecule has 2 saturated heterocycles. The molecule has 2 amide bonds. The monoisotopic (exact) mass is 451 g/mol. The molecule has 6 nitrogen and oxygen atoms in total. The molecule has 0 radical (unpaired) electrons. The zero-order valence-corrected chi connectivity index (χ0v) is 18.2. The molecule has 2 heterocycles. The molecule has 0 saturated carbocycles. The number of likely N-dealkylation sites (tertiary alicyclic amines) is 1. The van der Waals surface area contributed by atoms with Crippen molar-refractivity contribution in [3.8, 4) is 0 Å². The van der Waals surface area contributed by atoms with E-state index in [9.17, 15) is 19.2 Å². The Balaban J connectivity index is 1.43. The molecule has 0 aromatic heterocycles. The van der Waals surface area contributed by atoms with Crippen LogP contribution >= 0.6 is 0 Å². The van der Waals surface area contributed by atoms with Gasteiger partial charge in [-0.05, 0) is 17.5 Å². The number of carbonyl (C=O) groups is 4. The maximum absolute atomic E-state index is 13.7. The minimum absolute atomic E-state index is 0.182. The first kappa shape index (κ1) is 20.7. The van der Waals surface area contributed by atoms with Crippen LogP contribution in [-0.4, -0.2) is 40.4 Å². The summed E-state index contributed by atoms with van der Waals surface area (Å²) in [7, 11) is 0. The van der Waals surface area contributed by atoms with Gasteiger partial charge in [-0.25, -0.2) is 0 Å². The van der Waals surface area contributed by atoms with Gasteiger partial charge in [-0.15, -0.1) is 0 Å². The Hall–Kier alpha value is -3.90. The van der Waals surface area contributed by atoms with Gasteiger partial charge in [0.25, 0.3) is 0 Å². The smallest absolute Gasteiger partial charge is 0.237 e. The summed E-state index contributed by atoms with van der Waals surface area (Å²) in [5.74, 6) is -4.10. The lowest BCUT2D eigenvalue weighted by Gasteiger charge is -2.27. The second-order valence-electron chi connectivity index (χ2n) is 8.96. The van der Waals surface area contributed by atoms with Gasteiger partial charge in [0.2, 0.25) is 29.0 Å². The van der Waals surface area contributed by atoms with E-state index in [1.54, 1.807) is 48.5 Å². The molecule has 168 valence electrons. The molecule has 3 atom stereocenters. The summed E-state index contributed by atoms with van der Waals surface area (Å²) in [5.41, 5.74) is 0.123. The van der Waals surface area contributed by atoms with Gasteiger partial charge in [-0.3, -0.25) is 24.1 Å². The molecular weight excluding hydrogens is 430 g/mol. The lowest BCUT2D eigenvalue weighted by Crippen LogP contribution is -2.51. The van der Waals surface area contributed by atoms with Crippen LogP contribution in [0.15, 0.2) is 84.9 Å². The third kappa shape index (κ3) is 2.72. The number of benzene rings is 3. The highest BCUT2D eigenvalue weighted by molar-refractivity contribution is 6.35. The molecule has 3 aromatic rings. The predicted molar refractivity (Wildman–Crippen MR) is 122 cm³/mol. The fourth-order valence-corrected chi connectivity index (χ4v) is 5.63. The van der Waals surface area contributed by atoms with E-state index in [1.807, 2.05) is 36.4 Å². The molecule has 6 rings (SSSR count). The minimum Gasteiger partial charge on any atom is -0.349 e. The van der Waals surface area contributed by atoms with Crippen LogP contribution in [0.25, 0.3) is 0 Å². The minimum atomic E-state index is -2.01. The molecule has 6 heteroatoms. The first-order chi connectivity index (χ1) is 16.5. The van der Waals surface area contributed by atoms with Crippen molar-refractivity contribution in [2.24, 2.45) is 11.8 Å². The van der Waals surface area contributed by atoms with Crippen LogP contribution < -0.4 is 0 Å². The molecule has 0 bridgehead atoms. The van der Waals surface area contributed by atoms with Gasteiger partial charge < -0.3 is 4.74 Å². The molecule has 3 aromatic carbocycles. The third-order valence-electron chi connectivity index (χ3n) is 7.21. The van der Waals surface area contributed by atoms with Crippen LogP contribution in [0, 0.1) is 11.8 Å². The van der Waals surface area contributed by atoms with Crippen molar-refractivity contribution in [2.75, 3.05) is 6.54 Å². The van der Waals surface area contributed by atoms with Crippen molar-refractivity contribution in [1.82, 2.24) is 4.90 Å². The molecule has 0 N–H and O–H groups in total. The average Bonchev–Trinajstić information content (AvgIpc) is 3.44. The van der Waals surface area contributed by atoms with Crippen molar-refractivity contribution < 1.29 is 23.9 Å². The molecule has 3 aliphatic rings. The van der Waals surface area contributed by atoms with Gasteiger partial charge in [-0.2, -0.15) is 0 Å². The summed E-state index contributed by atoms with van der Waals surface area (Å²) in [6.45, 7) is 0.182. The van der Waals surface area contributed by atoms with Crippen LogP contribution in [0.4, 0.5) is 0 Å². The summed E-state index contributed by atoms with van der Waals surface area (Å²) in [6.07, 6.45) is -0.379. The molecular formula is C28H21NO5. The van der Waals surface area contributed by atoms with E-state index < -0.39 is 46.9 Å².